The molecule has 1 amide bonds. The Bertz CT molecular complexity index is 1630. The van der Waals surface area contributed by atoms with Crippen LogP contribution in [-0.4, -0.2) is 41.6 Å². The van der Waals surface area contributed by atoms with Crippen LogP contribution in [0.2, 0.25) is 0 Å². The molecule has 0 saturated carbocycles. The molecular formula is C28H30N6O3. The molecule has 0 N–H and O–H groups in total. The topological polar surface area (TPSA) is 99.1 Å². The number of nitrogens with zero attached hydrogens (tertiary/aromatic N) is 6. The minimum Gasteiger partial charge on any atom is -0.337 e. The Morgan fingerprint density at radius 1 is 1.14 bits per heavy atom. The number of likely N-dealkylation sites (N-methyl/N-ethyl adjacent to an activating group) is 1. The first kappa shape index (κ1) is 24.4. The molecule has 9 nitrogen and oxygen atoms in total. The third-order valence-corrected chi connectivity index (χ3v) is 6.53. The lowest BCUT2D eigenvalue weighted by Crippen LogP contribution is -2.34. The molecule has 5 aromatic rings. The van der Waals surface area contributed by atoms with Crippen molar-refractivity contribution >= 4 is 27.8 Å². The van der Waals surface area contributed by atoms with Gasteiger partial charge in [-0.05, 0) is 31.5 Å². The first-order valence-corrected chi connectivity index (χ1v) is 12.5. The summed E-state index contributed by atoms with van der Waals surface area (Å²) in [7, 11) is 0. The van der Waals surface area contributed by atoms with E-state index in [-0.39, 0.29) is 30.5 Å². The highest BCUT2D eigenvalue weighted by atomic mass is 16.5. The largest absolute Gasteiger partial charge is 0.337 e. The van der Waals surface area contributed by atoms with Gasteiger partial charge in [0.15, 0.2) is 5.82 Å². The third kappa shape index (κ3) is 4.76. The maximum Gasteiger partial charge on any atom is 0.278 e. The van der Waals surface area contributed by atoms with Crippen LogP contribution in [-0.2, 0) is 24.4 Å². The summed E-state index contributed by atoms with van der Waals surface area (Å²) < 4.78 is 8.60. The Kier molecular flexibility index (Phi) is 6.60. The molecule has 3 heterocycles. The highest BCUT2D eigenvalue weighted by Gasteiger charge is 2.21. The van der Waals surface area contributed by atoms with E-state index in [9.17, 15) is 9.59 Å². The molecule has 2 aromatic carbocycles. The van der Waals surface area contributed by atoms with Crippen molar-refractivity contribution in [3.05, 3.63) is 88.1 Å². The molecule has 0 aliphatic rings. The smallest absolute Gasteiger partial charge is 0.278 e. The minimum absolute atomic E-state index is 0.0305. The van der Waals surface area contributed by atoms with Crippen molar-refractivity contribution in [3.63, 3.8) is 0 Å². The maximum absolute atomic E-state index is 13.7. The van der Waals surface area contributed by atoms with Gasteiger partial charge >= 0.3 is 0 Å². The van der Waals surface area contributed by atoms with E-state index in [4.69, 9.17) is 4.52 Å². The summed E-state index contributed by atoms with van der Waals surface area (Å²) >= 11 is 0. The highest BCUT2D eigenvalue weighted by molar-refractivity contribution is 6.06. The summed E-state index contributed by atoms with van der Waals surface area (Å²) in [6.45, 7) is 9.10. The number of hydrogen-bond acceptors (Lipinski definition) is 6. The van der Waals surface area contributed by atoms with Gasteiger partial charge in [0.05, 0.1) is 11.8 Å². The summed E-state index contributed by atoms with van der Waals surface area (Å²) in [4.78, 5) is 38.1. The van der Waals surface area contributed by atoms with Gasteiger partial charge in [-0.2, -0.15) is 4.98 Å². The predicted octanol–water partition coefficient (Wildman–Crippen LogP) is 4.26. The number of rotatable bonds is 8. The molecule has 0 saturated heterocycles. The van der Waals surface area contributed by atoms with Crippen LogP contribution >= 0.6 is 0 Å². The Labute approximate surface area is 214 Å². The van der Waals surface area contributed by atoms with Crippen LogP contribution < -0.4 is 5.56 Å². The van der Waals surface area contributed by atoms with Gasteiger partial charge in [-0.15, -0.1) is 0 Å². The van der Waals surface area contributed by atoms with Gasteiger partial charge in [0, 0.05) is 24.4 Å². The molecule has 0 fully saturated rings. The second-order valence-electron chi connectivity index (χ2n) is 9.58. The minimum atomic E-state index is -0.262. The summed E-state index contributed by atoms with van der Waals surface area (Å²) in [6.07, 6.45) is 1.51. The third-order valence-electron chi connectivity index (χ3n) is 6.53. The normalized spacial score (nSPS) is 11.6. The number of amides is 1. The average molecular weight is 499 g/mol. The number of carbonyl (C=O) groups is 1. The van der Waals surface area contributed by atoms with Crippen LogP contribution in [0.5, 0.6) is 0 Å². The Morgan fingerprint density at radius 2 is 1.92 bits per heavy atom. The van der Waals surface area contributed by atoms with Crippen molar-refractivity contribution in [1.29, 1.82) is 0 Å². The molecule has 9 heteroatoms. The summed E-state index contributed by atoms with van der Waals surface area (Å²) in [5.74, 6) is 0.968. The van der Waals surface area contributed by atoms with Crippen molar-refractivity contribution in [2.24, 2.45) is 0 Å². The molecule has 190 valence electrons. The van der Waals surface area contributed by atoms with Gasteiger partial charge in [-0.1, -0.05) is 61.0 Å². The lowest BCUT2D eigenvalue weighted by Gasteiger charge is -2.22. The quantitative estimate of drug-likeness (QED) is 0.317. The molecule has 0 spiro atoms. The Hall–Kier alpha value is -4.27. The van der Waals surface area contributed by atoms with E-state index in [1.807, 2.05) is 76.2 Å². The fourth-order valence-electron chi connectivity index (χ4n) is 4.52. The number of aryl methyl sites for hydroxylation is 1. The van der Waals surface area contributed by atoms with E-state index < -0.39 is 0 Å². The predicted molar refractivity (Wildman–Crippen MR) is 141 cm³/mol. The van der Waals surface area contributed by atoms with Crippen LogP contribution in [0.1, 0.15) is 49.5 Å². The van der Waals surface area contributed by atoms with E-state index >= 15 is 0 Å². The highest BCUT2D eigenvalue weighted by Crippen LogP contribution is 2.27. The zero-order valence-corrected chi connectivity index (χ0v) is 21.5. The molecule has 0 bridgehead atoms. The number of fused-ring (bicyclic) bond motifs is 3. The van der Waals surface area contributed by atoms with Crippen molar-refractivity contribution in [3.8, 4) is 0 Å². The summed E-state index contributed by atoms with van der Waals surface area (Å²) in [6, 6.07) is 15.8. The van der Waals surface area contributed by atoms with E-state index in [0.29, 0.717) is 35.8 Å². The first-order valence-electron chi connectivity index (χ1n) is 12.5. The monoisotopic (exact) mass is 498 g/mol. The molecule has 37 heavy (non-hydrogen) atoms. The van der Waals surface area contributed by atoms with E-state index in [2.05, 4.69) is 15.1 Å². The van der Waals surface area contributed by atoms with Crippen LogP contribution in [0, 0.1) is 6.92 Å². The molecule has 0 aliphatic carbocycles. The SMILES string of the molecule is CCN(Cc1ccccc1)C(=O)Cn1c2ccc(C)cc2c2ncn(Cc3nc(C(C)C)no3)c(=O)c21. The van der Waals surface area contributed by atoms with Gasteiger partial charge < -0.3 is 14.0 Å². The van der Waals surface area contributed by atoms with Gasteiger partial charge in [-0.25, -0.2) is 4.98 Å². The molecule has 0 radical (unpaired) electrons. The fraction of sp³-hybridized carbons (Fsp3) is 0.321. The number of benzene rings is 2. The molecular weight excluding hydrogens is 468 g/mol. The molecule has 0 atom stereocenters. The number of aromatic nitrogens is 5. The van der Waals surface area contributed by atoms with Gasteiger partial charge in [0.1, 0.15) is 24.1 Å². The van der Waals surface area contributed by atoms with E-state index in [1.54, 1.807) is 9.47 Å². The van der Waals surface area contributed by atoms with Crippen LogP contribution in [0.3, 0.4) is 0 Å². The fourth-order valence-corrected chi connectivity index (χ4v) is 4.52. The Morgan fingerprint density at radius 3 is 2.62 bits per heavy atom. The summed E-state index contributed by atoms with van der Waals surface area (Å²) in [5.41, 5.74) is 3.60. The van der Waals surface area contributed by atoms with E-state index in [1.165, 1.54) is 10.9 Å². The van der Waals surface area contributed by atoms with Crippen molar-refractivity contribution < 1.29 is 9.32 Å². The standard InChI is InChI=1S/C28H30N6O3/c1-5-32(14-20-9-7-6-8-10-20)24(35)16-34-22-12-11-19(4)13-21(22)25-26(34)28(36)33(17-29-25)15-23-30-27(18(2)3)31-37-23/h6-13,17-18H,5,14-16H2,1-4H3. The zero-order chi connectivity index (χ0) is 26.1. The second-order valence-corrected chi connectivity index (χ2v) is 9.58. The molecule has 0 unspecified atom stereocenters. The van der Waals surface area contributed by atoms with Crippen molar-refractivity contribution in [2.45, 2.75) is 53.2 Å². The molecule has 5 rings (SSSR count). The van der Waals surface area contributed by atoms with Gasteiger partial charge in [-0.3, -0.25) is 14.2 Å². The van der Waals surface area contributed by atoms with Crippen LogP contribution in [0.4, 0.5) is 0 Å². The lowest BCUT2D eigenvalue weighted by atomic mass is 10.1. The van der Waals surface area contributed by atoms with Crippen molar-refractivity contribution in [1.82, 2.24) is 29.2 Å². The number of carbonyl (C=O) groups excluding carboxylic acids is 1. The zero-order valence-electron chi connectivity index (χ0n) is 21.5. The number of hydrogen-bond donors (Lipinski definition) is 0. The lowest BCUT2D eigenvalue weighted by molar-refractivity contribution is -0.132. The van der Waals surface area contributed by atoms with E-state index in [0.717, 1.165) is 22.0 Å². The Balaban J connectivity index is 1.56. The van der Waals surface area contributed by atoms with Crippen LogP contribution in [0.15, 0.2) is 64.2 Å². The summed E-state index contributed by atoms with van der Waals surface area (Å²) in [5, 5.41) is 4.84. The van der Waals surface area contributed by atoms with Crippen molar-refractivity contribution in [2.75, 3.05) is 6.54 Å². The maximum atomic E-state index is 13.7. The molecule has 3 aromatic heterocycles. The average Bonchev–Trinajstić information content (AvgIpc) is 3.48. The van der Waals surface area contributed by atoms with Gasteiger partial charge in [0.2, 0.25) is 11.8 Å². The second kappa shape index (κ2) is 10.0. The van der Waals surface area contributed by atoms with Crippen LogP contribution in [0.25, 0.3) is 21.9 Å². The van der Waals surface area contributed by atoms with Gasteiger partial charge in [0.25, 0.3) is 5.56 Å². The molecule has 0 aliphatic heterocycles. The first-order chi connectivity index (χ1) is 17.9.